The Balaban J connectivity index is 2.14. The van der Waals surface area contributed by atoms with Gasteiger partial charge < -0.3 is 14.5 Å². The molecule has 0 saturated carbocycles. The highest BCUT2D eigenvalue weighted by atomic mass is 16.5. The van der Waals surface area contributed by atoms with Crippen LogP contribution in [0.25, 0.3) is 11.1 Å². The van der Waals surface area contributed by atoms with Gasteiger partial charge in [0.05, 0.1) is 12.7 Å². The van der Waals surface area contributed by atoms with Gasteiger partial charge >= 0.3 is 0 Å². The highest BCUT2D eigenvalue weighted by Crippen LogP contribution is 2.39. The highest BCUT2D eigenvalue weighted by Gasteiger charge is 2.32. The summed E-state index contributed by atoms with van der Waals surface area (Å²) in [7, 11) is 7.69. The van der Waals surface area contributed by atoms with Gasteiger partial charge in [-0.25, -0.2) is 0 Å². The Bertz CT molecular complexity index is 905. The maximum atomic E-state index is 13.0. The Morgan fingerprint density at radius 2 is 2.04 bits per heavy atom. The molecule has 0 aliphatic carbocycles. The summed E-state index contributed by atoms with van der Waals surface area (Å²) in [4.78, 5) is 17.0. The summed E-state index contributed by atoms with van der Waals surface area (Å²) >= 11 is 0. The van der Waals surface area contributed by atoms with Crippen LogP contribution in [0.2, 0.25) is 0 Å². The molecule has 140 valence electrons. The molecule has 5 heteroatoms. The minimum absolute atomic E-state index is 0.0183. The van der Waals surface area contributed by atoms with Gasteiger partial charge in [-0.15, -0.1) is 6.58 Å². The summed E-state index contributed by atoms with van der Waals surface area (Å²) in [6.45, 7) is 7.27. The van der Waals surface area contributed by atoms with Crippen LogP contribution in [0.3, 0.4) is 0 Å². The van der Waals surface area contributed by atoms with Crippen LogP contribution in [0.5, 0.6) is 5.75 Å². The first kappa shape index (κ1) is 19.1. The van der Waals surface area contributed by atoms with E-state index in [0.717, 1.165) is 28.6 Å². The number of rotatable bonds is 6. The van der Waals surface area contributed by atoms with Crippen molar-refractivity contribution in [2.45, 2.75) is 19.9 Å². The molecule has 0 unspecified atom stereocenters. The highest BCUT2D eigenvalue weighted by molar-refractivity contribution is 6.21. The first-order chi connectivity index (χ1) is 12.9. The molecule has 2 aromatic rings. The monoisotopic (exact) mass is 362 g/mol. The number of methoxy groups -OCH3 is 1. The zero-order valence-electron chi connectivity index (χ0n) is 16.9. The molecule has 0 spiro atoms. The van der Waals surface area contributed by atoms with Gasteiger partial charge in [0, 0.05) is 32.9 Å². The molecule has 1 heterocycles. The van der Waals surface area contributed by atoms with Crippen LogP contribution < -0.4 is 9.64 Å². The molecular formula is C22H27BN2O2. The number of aryl methyl sites for hydroxylation is 1. The molecule has 0 N–H and O–H groups in total. The predicted octanol–water partition coefficient (Wildman–Crippen LogP) is 3.09. The second-order valence-electron chi connectivity index (χ2n) is 7.38. The van der Waals surface area contributed by atoms with Crippen LogP contribution in [0.15, 0.2) is 42.4 Å². The molecule has 0 atom stereocenters. The van der Waals surface area contributed by atoms with Crippen LogP contribution in [-0.2, 0) is 13.0 Å². The second-order valence-corrected chi connectivity index (χ2v) is 7.38. The fraction of sp³-hybridized carbons (Fsp3) is 0.318. The average Bonchev–Trinajstić information content (AvgIpc) is 2.96. The normalized spacial score (nSPS) is 12.9. The van der Waals surface area contributed by atoms with Crippen molar-refractivity contribution in [3.05, 3.63) is 59.1 Å². The van der Waals surface area contributed by atoms with Gasteiger partial charge in [0.1, 0.15) is 13.6 Å². The number of carbonyl (C=O) groups is 1. The van der Waals surface area contributed by atoms with E-state index in [0.29, 0.717) is 24.4 Å². The van der Waals surface area contributed by atoms with Crippen LogP contribution in [0.1, 0.15) is 28.4 Å². The van der Waals surface area contributed by atoms with E-state index in [-0.39, 0.29) is 5.91 Å². The summed E-state index contributed by atoms with van der Waals surface area (Å²) < 4.78 is 5.49. The predicted molar refractivity (Wildman–Crippen MR) is 115 cm³/mol. The number of amides is 1. The molecular weight excluding hydrogens is 335 g/mol. The third-order valence-corrected chi connectivity index (χ3v) is 5.06. The van der Waals surface area contributed by atoms with Gasteiger partial charge in [-0.2, -0.15) is 0 Å². The van der Waals surface area contributed by atoms with Crippen molar-refractivity contribution in [3.8, 4) is 16.9 Å². The number of carbonyl (C=O) groups excluding carboxylic acids is 1. The van der Waals surface area contributed by atoms with Crippen molar-refractivity contribution in [1.82, 2.24) is 4.90 Å². The topological polar surface area (TPSA) is 32.8 Å². The average molecular weight is 362 g/mol. The second kappa shape index (κ2) is 7.51. The fourth-order valence-electron chi connectivity index (χ4n) is 3.79. The molecule has 0 fully saturated rings. The number of ether oxygens (including phenoxy) is 1. The van der Waals surface area contributed by atoms with E-state index in [1.54, 1.807) is 7.11 Å². The number of hydrogen-bond acceptors (Lipinski definition) is 3. The van der Waals surface area contributed by atoms with Gasteiger partial charge in [0.2, 0.25) is 0 Å². The Morgan fingerprint density at radius 1 is 1.30 bits per heavy atom. The largest absolute Gasteiger partial charge is 0.496 e. The van der Waals surface area contributed by atoms with Crippen molar-refractivity contribution in [2.75, 3.05) is 32.6 Å². The Hall–Kier alpha value is -2.69. The molecule has 1 amide bonds. The summed E-state index contributed by atoms with van der Waals surface area (Å²) in [6.07, 6.45) is 0.986. The third-order valence-electron chi connectivity index (χ3n) is 5.06. The van der Waals surface area contributed by atoms with Crippen LogP contribution in [0, 0.1) is 0 Å². The summed E-state index contributed by atoms with van der Waals surface area (Å²) in [5, 5.41) is 0. The summed E-state index contributed by atoms with van der Waals surface area (Å²) in [6, 6.07) is 10.5. The van der Waals surface area contributed by atoms with E-state index in [2.05, 4.69) is 56.8 Å². The maximum absolute atomic E-state index is 13.0. The first-order valence-corrected chi connectivity index (χ1v) is 9.31. The Morgan fingerprint density at radius 3 is 2.63 bits per heavy atom. The molecule has 1 aliphatic heterocycles. The summed E-state index contributed by atoms with van der Waals surface area (Å²) in [5.74, 6) is 0.658. The van der Waals surface area contributed by atoms with Gasteiger partial charge in [0.25, 0.3) is 5.91 Å². The van der Waals surface area contributed by atoms with Crippen LogP contribution in [-0.4, -0.2) is 46.4 Å². The maximum Gasteiger partial charge on any atom is 0.258 e. The molecule has 27 heavy (non-hydrogen) atoms. The van der Waals surface area contributed by atoms with Gasteiger partial charge in [-0.1, -0.05) is 30.6 Å². The van der Waals surface area contributed by atoms with E-state index in [1.807, 2.05) is 18.8 Å². The lowest BCUT2D eigenvalue weighted by molar-refractivity contribution is 0.0792. The third kappa shape index (κ3) is 3.46. The van der Waals surface area contributed by atoms with E-state index in [9.17, 15) is 4.79 Å². The van der Waals surface area contributed by atoms with E-state index in [1.165, 1.54) is 11.3 Å². The molecule has 2 aromatic carbocycles. The van der Waals surface area contributed by atoms with Gasteiger partial charge in [0.15, 0.2) is 0 Å². The molecule has 0 radical (unpaired) electrons. The van der Waals surface area contributed by atoms with Crippen LogP contribution in [0.4, 0.5) is 5.69 Å². The molecule has 0 saturated heterocycles. The minimum atomic E-state index is 0.0183. The van der Waals surface area contributed by atoms with Crippen LogP contribution >= 0.6 is 0 Å². The molecule has 0 aromatic heterocycles. The SMILES string of the molecule is BC(=C)CN1Cc2c(-c3ccc(CC)c(N(C)C)c3)ccc(OC)c2C1=O. The zero-order chi connectivity index (χ0) is 19.7. The van der Waals surface area contributed by atoms with Crippen molar-refractivity contribution in [2.24, 2.45) is 0 Å². The van der Waals surface area contributed by atoms with Crippen molar-refractivity contribution < 1.29 is 9.53 Å². The van der Waals surface area contributed by atoms with E-state index < -0.39 is 0 Å². The minimum Gasteiger partial charge on any atom is -0.496 e. The standard InChI is InChI=1S/C22H27BN2O2/c1-6-15-7-8-16(11-19(15)24(3)4)17-9-10-20(27-5)21-18(17)13-25(22(21)26)12-14(2)23/h7-11H,2,6,12-13,23H2,1,3-5H3. The van der Waals surface area contributed by atoms with E-state index in [4.69, 9.17) is 4.74 Å². The number of nitrogens with zero attached hydrogens (tertiary/aromatic N) is 2. The van der Waals surface area contributed by atoms with Crippen molar-refractivity contribution >= 4 is 19.4 Å². The van der Waals surface area contributed by atoms with Crippen molar-refractivity contribution in [1.29, 1.82) is 0 Å². The first-order valence-electron chi connectivity index (χ1n) is 9.31. The molecule has 0 bridgehead atoms. The smallest absolute Gasteiger partial charge is 0.258 e. The number of hydrogen-bond donors (Lipinski definition) is 0. The summed E-state index contributed by atoms with van der Waals surface area (Å²) in [5.41, 5.74) is 7.43. The van der Waals surface area contributed by atoms with Gasteiger partial charge in [-0.05, 0) is 40.8 Å². The number of anilines is 1. The zero-order valence-corrected chi connectivity index (χ0v) is 16.9. The quantitative estimate of drug-likeness (QED) is 0.741. The number of fused-ring (bicyclic) bond motifs is 1. The molecule has 3 rings (SSSR count). The Labute approximate surface area is 162 Å². The lowest BCUT2D eigenvalue weighted by atomic mass is 9.94. The van der Waals surface area contributed by atoms with Crippen molar-refractivity contribution in [3.63, 3.8) is 0 Å². The fourth-order valence-corrected chi connectivity index (χ4v) is 3.79. The van der Waals surface area contributed by atoms with Gasteiger partial charge in [-0.3, -0.25) is 4.79 Å². The number of benzene rings is 2. The lowest BCUT2D eigenvalue weighted by Crippen LogP contribution is -2.26. The Kier molecular flexibility index (Phi) is 5.31. The molecule has 4 nitrogen and oxygen atoms in total. The lowest BCUT2D eigenvalue weighted by Gasteiger charge is -2.19. The molecule has 1 aliphatic rings. The van der Waals surface area contributed by atoms with E-state index >= 15 is 0 Å².